The molecule has 0 heterocycles. The minimum atomic E-state index is -0.857. The summed E-state index contributed by atoms with van der Waals surface area (Å²) < 4.78 is 1.00. The molecule has 7 heteroatoms. The van der Waals surface area contributed by atoms with E-state index in [1.54, 1.807) is 30.8 Å². The Hall–Kier alpha value is -1.11. The van der Waals surface area contributed by atoms with Crippen molar-refractivity contribution in [2.75, 3.05) is 20.6 Å². The molecule has 1 aromatic carbocycles. The molecule has 0 radical (unpaired) electrons. The third kappa shape index (κ3) is 6.77. The van der Waals surface area contributed by atoms with E-state index >= 15 is 0 Å². The highest BCUT2D eigenvalue weighted by Crippen LogP contribution is 2.12. The Morgan fingerprint density at radius 1 is 1.23 bits per heavy atom. The molecule has 0 saturated heterocycles. The Kier molecular flexibility index (Phi) is 9.32. The summed E-state index contributed by atoms with van der Waals surface area (Å²) in [6, 6.07) is 7.47. The third-order valence-electron chi connectivity index (χ3n) is 3.41. The Balaban J connectivity index is 0.00000441. The Morgan fingerprint density at radius 2 is 1.77 bits per heavy atom. The number of carboxylic acids is 1. The number of hydrogen-bond acceptors (Lipinski definition) is 3. The molecule has 5 nitrogen and oxygen atoms in total. The lowest BCUT2D eigenvalue weighted by atomic mass is 10.2. The largest absolute Gasteiger partial charge is 0.481 e. The summed E-state index contributed by atoms with van der Waals surface area (Å²) in [7, 11) is 3.52. The van der Waals surface area contributed by atoms with Gasteiger partial charge in [-0.2, -0.15) is 0 Å². The molecule has 0 aliphatic carbocycles. The van der Waals surface area contributed by atoms with E-state index in [2.05, 4.69) is 15.9 Å². The number of benzene rings is 1. The van der Waals surface area contributed by atoms with Crippen LogP contribution in [-0.4, -0.2) is 53.5 Å². The fraction of sp³-hybridized carbons (Fsp3) is 0.467. The Labute approximate surface area is 145 Å². The number of carbonyl (C=O) groups is 2. The molecule has 1 aromatic rings. The molecule has 1 atom stereocenters. The summed E-state index contributed by atoms with van der Waals surface area (Å²) in [5.74, 6) is -0.879. The maximum atomic E-state index is 12.3. The van der Waals surface area contributed by atoms with Crippen molar-refractivity contribution < 1.29 is 14.7 Å². The molecular formula is C15H22BrClN2O3. The van der Waals surface area contributed by atoms with Crippen LogP contribution in [0.25, 0.3) is 0 Å². The molecule has 0 bridgehead atoms. The van der Waals surface area contributed by atoms with Crippen LogP contribution in [0.15, 0.2) is 28.7 Å². The van der Waals surface area contributed by atoms with Gasteiger partial charge in [-0.25, -0.2) is 0 Å². The lowest BCUT2D eigenvalue weighted by Crippen LogP contribution is -2.44. The summed E-state index contributed by atoms with van der Waals surface area (Å²) in [6.45, 7) is 2.68. The number of hydrogen-bond donors (Lipinski definition) is 1. The number of rotatable bonds is 7. The maximum absolute atomic E-state index is 12.3. The molecule has 0 saturated carbocycles. The minimum absolute atomic E-state index is 0. The van der Waals surface area contributed by atoms with Gasteiger partial charge in [-0.3, -0.25) is 14.5 Å². The zero-order valence-electron chi connectivity index (χ0n) is 13.0. The van der Waals surface area contributed by atoms with Gasteiger partial charge in [0.1, 0.15) is 0 Å². The van der Waals surface area contributed by atoms with Crippen molar-refractivity contribution in [1.82, 2.24) is 9.80 Å². The Bertz CT molecular complexity index is 496. The topological polar surface area (TPSA) is 60.9 Å². The van der Waals surface area contributed by atoms with Gasteiger partial charge in [-0.05, 0) is 31.7 Å². The van der Waals surface area contributed by atoms with E-state index in [9.17, 15) is 9.59 Å². The van der Waals surface area contributed by atoms with Crippen LogP contribution in [0.4, 0.5) is 0 Å². The van der Waals surface area contributed by atoms with Gasteiger partial charge in [0.15, 0.2) is 0 Å². The first kappa shape index (κ1) is 20.9. The molecule has 0 aromatic heterocycles. The zero-order chi connectivity index (χ0) is 16.0. The quantitative estimate of drug-likeness (QED) is 0.773. The highest BCUT2D eigenvalue weighted by Gasteiger charge is 2.21. The van der Waals surface area contributed by atoms with Crippen LogP contribution in [0.1, 0.15) is 18.9 Å². The number of aliphatic carboxylic acids is 1. The summed E-state index contributed by atoms with van der Waals surface area (Å²) >= 11 is 3.38. The summed E-state index contributed by atoms with van der Waals surface area (Å²) in [4.78, 5) is 26.3. The lowest BCUT2D eigenvalue weighted by Gasteiger charge is -2.27. The molecule has 1 unspecified atom stereocenters. The van der Waals surface area contributed by atoms with Gasteiger partial charge in [0.25, 0.3) is 0 Å². The fourth-order valence-corrected chi connectivity index (χ4v) is 2.18. The predicted octanol–water partition coefficient (Wildman–Crippen LogP) is 2.62. The molecule has 124 valence electrons. The second kappa shape index (κ2) is 9.82. The number of nitrogens with zero attached hydrogens (tertiary/aromatic N) is 2. The van der Waals surface area contributed by atoms with E-state index in [0.717, 1.165) is 10.0 Å². The van der Waals surface area contributed by atoms with Gasteiger partial charge in [0.2, 0.25) is 5.91 Å². The van der Waals surface area contributed by atoms with Crippen LogP contribution in [0, 0.1) is 0 Å². The van der Waals surface area contributed by atoms with Crippen molar-refractivity contribution in [3.63, 3.8) is 0 Å². The average Bonchev–Trinajstić information content (AvgIpc) is 2.45. The number of amides is 1. The fourth-order valence-electron chi connectivity index (χ4n) is 1.91. The van der Waals surface area contributed by atoms with Crippen LogP contribution in [0.3, 0.4) is 0 Å². The minimum Gasteiger partial charge on any atom is -0.481 e. The van der Waals surface area contributed by atoms with Crippen LogP contribution in [0.2, 0.25) is 0 Å². The molecule has 0 spiro atoms. The molecule has 1 amide bonds. The molecule has 0 aliphatic rings. The van der Waals surface area contributed by atoms with Crippen molar-refractivity contribution >= 4 is 40.2 Å². The number of carboxylic acid groups (broad SMARTS) is 1. The van der Waals surface area contributed by atoms with E-state index in [0.29, 0.717) is 13.1 Å². The highest BCUT2D eigenvalue weighted by atomic mass is 79.9. The first-order valence-corrected chi connectivity index (χ1v) is 7.52. The smallest absolute Gasteiger partial charge is 0.304 e. The van der Waals surface area contributed by atoms with Crippen molar-refractivity contribution in [1.29, 1.82) is 0 Å². The highest BCUT2D eigenvalue weighted by molar-refractivity contribution is 9.10. The van der Waals surface area contributed by atoms with Crippen molar-refractivity contribution in [2.45, 2.75) is 25.9 Å². The molecule has 22 heavy (non-hydrogen) atoms. The molecule has 1 N–H and O–H groups in total. The van der Waals surface area contributed by atoms with Crippen molar-refractivity contribution in [3.8, 4) is 0 Å². The lowest BCUT2D eigenvalue weighted by molar-refractivity contribution is -0.139. The normalized spacial score (nSPS) is 11.7. The number of carbonyl (C=O) groups excluding carboxylic acids is 1. The Morgan fingerprint density at radius 3 is 2.27 bits per heavy atom. The van der Waals surface area contributed by atoms with Crippen molar-refractivity contribution in [2.24, 2.45) is 0 Å². The van der Waals surface area contributed by atoms with Gasteiger partial charge in [-0.1, -0.05) is 28.1 Å². The third-order valence-corrected chi connectivity index (χ3v) is 3.93. The summed E-state index contributed by atoms with van der Waals surface area (Å²) in [5.41, 5.74) is 1.05. The number of halogens is 2. The molecule has 0 fully saturated rings. The van der Waals surface area contributed by atoms with Gasteiger partial charge >= 0.3 is 5.97 Å². The van der Waals surface area contributed by atoms with E-state index in [1.807, 2.05) is 24.3 Å². The van der Waals surface area contributed by atoms with E-state index in [4.69, 9.17) is 5.11 Å². The van der Waals surface area contributed by atoms with Gasteiger partial charge < -0.3 is 10.0 Å². The molecule has 0 aliphatic heterocycles. The van der Waals surface area contributed by atoms with Crippen LogP contribution in [0.5, 0.6) is 0 Å². The molecule has 1 rings (SSSR count). The summed E-state index contributed by atoms with van der Waals surface area (Å²) in [5, 5.41) is 8.68. The van der Waals surface area contributed by atoms with E-state index in [1.165, 1.54) is 0 Å². The maximum Gasteiger partial charge on any atom is 0.304 e. The average molecular weight is 394 g/mol. The first-order valence-electron chi connectivity index (χ1n) is 6.72. The SMILES string of the molecule is CC(C(=O)N(C)Cc1ccc(Br)cc1)N(C)CCC(=O)O.Cl. The van der Waals surface area contributed by atoms with Crippen LogP contribution in [-0.2, 0) is 16.1 Å². The van der Waals surface area contributed by atoms with Crippen LogP contribution < -0.4 is 0 Å². The zero-order valence-corrected chi connectivity index (χ0v) is 15.4. The predicted molar refractivity (Wildman–Crippen MR) is 92.2 cm³/mol. The monoisotopic (exact) mass is 392 g/mol. The standard InChI is InChI=1S/C15H21BrN2O3.ClH/c1-11(17(2)9-8-14(19)20)15(21)18(3)10-12-4-6-13(16)7-5-12;/h4-7,11H,8-10H2,1-3H3,(H,19,20);1H. The second-order valence-corrected chi connectivity index (χ2v) is 6.04. The summed E-state index contributed by atoms with van der Waals surface area (Å²) in [6.07, 6.45) is 0.0323. The van der Waals surface area contributed by atoms with Gasteiger partial charge in [0.05, 0.1) is 12.5 Å². The van der Waals surface area contributed by atoms with E-state index < -0.39 is 5.97 Å². The first-order chi connectivity index (χ1) is 9.81. The van der Waals surface area contributed by atoms with Gasteiger partial charge in [0, 0.05) is 24.6 Å². The van der Waals surface area contributed by atoms with E-state index in [-0.39, 0.29) is 30.8 Å². The number of likely N-dealkylation sites (N-methyl/N-ethyl adjacent to an activating group) is 2. The second-order valence-electron chi connectivity index (χ2n) is 5.12. The van der Waals surface area contributed by atoms with Gasteiger partial charge in [-0.15, -0.1) is 12.4 Å². The van der Waals surface area contributed by atoms with Crippen LogP contribution >= 0.6 is 28.3 Å². The molecular weight excluding hydrogens is 372 g/mol. The van der Waals surface area contributed by atoms with Crippen molar-refractivity contribution in [3.05, 3.63) is 34.3 Å².